The number of carbonyl (C=O) groups is 1. The van der Waals surface area contributed by atoms with Crippen molar-refractivity contribution in [1.82, 2.24) is 9.97 Å². The third kappa shape index (κ3) is 3.32. The molecule has 1 aliphatic rings. The lowest BCUT2D eigenvalue weighted by Gasteiger charge is -2.17. The molecule has 2 aromatic rings. The summed E-state index contributed by atoms with van der Waals surface area (Å²) in [5.74, 6) is 0.498. The van der Waals surface area contributed by atoms with Crippen molar-refractivity contribution in [3.05, 3.63) is 42.2 Å². The van der Waals surface area contributed by atoms with E-state index in [-0.39, 0.29) is 12.1 Å². The fraction of sp³-hybridized carbons (Fsp3) is 0.353. The molecule has 0 spiro atoms. The van der Waals surface area contributed by atoms with E-state index in [1.165, 1.54) is 7.11 Å². The van der Waals surface area contributed by atoms with Crippen LogP contribution in [0.4, 0.5) is 5.82 Å². The van der Waals surface area contributed by atoms with Gasteiger partial charge in [-0.05, 0) is 18.6 Å². The second-order valence-corrected chi connectivity index (χ2v) is 5.42. The van der Waals surface area contributed by atoms with E-state index in [1.54, 1.807) is 31.6 Å². The van der Waals surface area contributed by atoms with Gasteiger partial charge in [0.2, 0.25) is 0 Å². The van der Waals surface area contributed by atoms with Gasteiger partial charge in [-0.25, -0.2) is 9.78 Å². The Morgan fingerprint density at radius 3 is 2.65 bits per heavy atom. The van der Waals surface area contributed by atoms with Crippen molar-refractivity contribution in [2.45, 2.75) is 12.5 Å². The van der Waals surface area contributed by atoms with E-state index in [2.05, 4.69) is 14.9 Å². The number of carbonyl (C=O) groups excluding carboxylic acids is 1. The van der Waals surface area contributed by atoms with Gasteiger partial charge in [-0.2, -0.15) is 0 Å². The number of ether oxygens (including phenoxy) is 2. The number of rotatable bonds is 4. The summed E-state index contributed by atoms with van der Waals surface area (Å²) in [7, 11) is 3.10. The van der Waals surface area contributed by atoms with Gasteiger partial charge in [0.15, 0.2) is 0 Å². The minimum absolute atomic E-state index is 0.250. The van der Waals surface area contributed by atoms with Crippen LogP contribution in [0.3, 0.4) is 0 Å². The molecular formula is C17H19N3O3. The number of benzene rings is 1. The van der Waals surface area contributed by atoms with Crippen LogP contribution in [0, 0.1) is 0 Å². The molecule has 6 nitrogen and oxygen atoms in total. The van der Waals surface area contributed by atoms with E-state index in [0.717, 1.165) is 36.6 Å². The third-order valence-electron chi connectivity index (χ3n) is 4.03. The van der Waals surface area contributed by atoms with Gasteiger partial charge < -0.3 is 14.4 Å². The van der Waals surface area contributed by atoms with Gasteiger partial charge in [-0.1, -0.05) is 12.1 Å². The molecule has 0 N–H and O–H groups in total. The highest BCUT2D eigenvalue weighted by molar-refractivity contribution is 5.89. The summed E-state index contributed by atoms with van der Waals surface area (Å²) in [5, 5.41) is 0. The Hall–Kier alpha value is -2.47. The molecule has 1 aromatic heterocycles. The average molecular weight is 313 g/mol. The van der Waals surface area contributed by atoms with E-state index in [4.69, 9.17) is 9.47 Å². The highest BCUT2D eigenvalue weighted by atomic mass is 16.5. The SMILES string of the molecule is COC(=O)c1ccc(-c2cncc(N3CCC(OC)C3)n2)cc1. The Kier molecular flexibility index (Phi) is 4.52. The van der Waals surface area contributed by atoms with Crippen LogP contribution in [0.15, 0.2) is 36.7 Å². The van der Waals surface area contributed by atoms with Crippen molar-refractivity contribution >= 4 is 11.8 Å². The van der Waals surface area contributed by atoms with E-state index in [9.17, 15) is 4.79 Å². The maximum absolute atomic E-state index is 11.5. The summed E-state index contributed by atoms with van der Waals surface area (Å²) in [5.41, 5.74) is 2.21. The predicted octanol–water partition coefficient (Wildman–Crippen LogP) is 2.16. The van der Waals surface area contributed by atoms with Crippen LogP contribution in [-0.2, 0) is 9.47 Å². The van der Waals surface area contributed by atoms with E-state index < -0.39 is 0 Å². The van der Waals surface area contributed by atoms with Crippen LogP contribution in [0.25, 0.3) is 11.3 Å². The molecule has 0 bridgehead atoms. The zero-order valence-electron chi connectivity index (χ0n) is 13.2. The Morgan fingerprint density at radius 2 is 2.00 bits per heavy atom. The minimum Gasteiger partial charge on any atom is -0.465 e. The summed E-state index contributed by atoms with van der Waals surface area (Å²) in [6.07, 6.45) is 4.74. The molecule has 1 aromatic carbocycles. The van der Waals surface area contributed by atoms with Crippen molar-refractivity contribution in [3.8, 4) is 11.3 Å². The number of anilines is 1. The van der Waals surface area contributed by atoms with Gasteiger partial charge in [0.25, 0.3) is 0 Å². The molecule has 1 aliphatic heterocycles. The second-order valence-electron chi connectivity index (χ2n) is 5.42. The van der Waals surface area contributed by atoms with Crippen LogP contribution in [0.2, 0.25) is 0 Å². The quantitative estimate of drug-likeness (QED) is 0.806. The molecule has 0 radical (unpaired) electrons. The molecule has 23 heavy (non-hydrogen) atoms. The van der Waals surface area contributed by atoms with Gasteiger partial charge in [-0.3, -0.25) is 4.98 Å². The Bertz CT molecular complexity index is 688. The standard InChI is InChI=1S/C17H19N3O3/c1-22-14-7-8-20(11-14)16-10-18-9-15(19-16)12-3-5-13(6-4-12)17(21)23-2/h3-6,9-10,14H,7-8,11H2,1-2H3. The van der Waals surface area contributed by atoms with E-state index >= 15 is 0 Å². The molecule has 1 saturated heterocycles. The van der Waals surface area contributed by atoms with Crippen molar-refractivity contribution in [3.63, 3.8) is 0 Å². The second kappa shape index (κ2) is 6.75. The lowest BCUT2D eigenvalue weighted by Crippen LogP contribution is -2.23. The smallest absolute Gasteiger partial charge is 0.337 e. The Morgan fingerprint density at radius 1 is 1.22 bits per heavy atom. The lowest BCUT2D eigenvalue weighted by atomic mass is 10.1. The highest BCUT2D eigenvalue weighted by Crippen LogP contribution is 2.23. The van der Waals surface area contributed by atoms with E-state index in [0.29, 0.717) is 5.56 Å². The van der Waals surface area contributed by atoms with Crippen molar-refractivity contribution < 1.29 is 14.3 Å². The average Bonchev–Trinajstić information content (AvgIpc) is 3.10. The van der Waals surface area contributed by atoms with Crippen LogP contribution >= 0.6 is 0 Å². The molecule has 6 heteroatoms. The number of hydrogen-bond donors (Lipinski definition) is 0. The maximum Gasteiger partial charge on any atom is 0.337 e. The number of nitrogens with zero attached hydrogens (tertiary/aromatic N) is 3. The summed E-state index contributed by atoms with van der Waals surface area (Å²) >= 11 is 0. The predicted molar refractivity (Wildman–Crippen MR) is 86.4 cm³/mol. The fourth-order valence-corrected chi connectivity index (χ4v) is 2.67. The molecule has 3 rings (SSSR count). The fourth-order valence-electron chi connectivity index (χ4n) is 2.67. The topological polar surface area (TPSA) is 64.5 Å². The van der Waals surface area contributed by atoms with E-state index in [1.807, 2.05) is 12.1 Å². The first-order valence-corrected chi connectivity index (χ1v) is 7.50. The van der Waals surface area contributed by atoms with Crippen LogP contribution < -0.4 is 4.90 Å². The van der Waals surface area contributed by atoms with Crippen LogP contribution in [0.5, 0.6) is 0 Å². The molecule has 0 aliphatic carbocycles. The van der Waals surface area contributed by atoms with Gasteiger partial charge in [-0.15, -0.1) is 0 Å². The molecule has 120 valence electrons. The summed E-state index contributed by atoms with van der Waals surface area (Å²) in [6.45, 7) is 1.74. The van der Waals surface area contributed by atoms with Crippen LogP contribution in [0.1, 0.15) is 16.8 Å². The largest absolute Gasteiger partial charge is 0.465 e. The normalized spacial score (nSPS) is 17.3. The van der Waals surface area contributed by atoms with Gasteiger partial charge in [0.1, 0.15) is 5.82 Å². The number of esters is 1. The first-order chi connectivity index (χ1) is 11.2. The number of methoxy groups -OCH3 is 2. The molecule has 0 saturated carbocycles. The molecule has 1 unspecified atom stereocenters. The number of aromatic nitrogens is 2. The zero-order chi connectivity index (χ0) is 16.2. The van der Waals surface area contributed by atoms with Crippen molar-refractivity contribution in [2.24, 2.45) is 0 Å². The first kappa shape index (κ1) is 15.4. The molecule has 1 fully saturated rings. The first-order valence-electron chi connectivity index (χ1n) is 7.50. The molecule has 0 amide bonds. The number of hydrogen-bond acceptors (Lipinski definition) is 6. The maximum atomic E-state index is 11.5. The zero-order valence-corrected chi connectivity index (χ0v) is 13.2. The monoisotopic (exact) mass is 313 g/mol. The lowest BCUT2D eigenvalue weighted by molar-refractivity contribution is 0.0601. The summed E-state index contributed by atoms with van der Waals surface area (Å²) in [6, 6.07) is 7.16. The minimum atomic E-state index is -0.348. The van der Waals surface area contributed by atoms with Crippen molar-refractivity contribution in [1.29, 1.82) is 0 Å². The van der Waals surface area contributed by atoms with Gasteiger partial charge >= 0.3 is 5.97 Å². The Balaban J connectivity index is 1.81. The Labute approximate surface area is 135 Å². The van der Waals surface area contributed by atoms with Gasteiger partial charge in [0, 0.05) is 25.8 Å². The van der Waals surface area contributed by atoms with Crippen LogP contribution in [-0.4, -0.2) is 49.4 Å². The summed E-state index contributed by atoms with van der Waals surface area (Å²) in [4.78, 5) is 22.6. The highest BCUT2D eigenvalue weighted by Gasteiger charge is 2.23. The van der Waals surface area contributed by atoms with Crippen molar-refractivity contribution in [2.75, 3.05) is 32.2 Å². The van der Waals surface area contributed by atoms with Gasteiger partial charge in [0.05, 0.1) is 36.9 Å². The molecule has 1 atom stereocenters. The third-order valence-corrected chi connectivity index (χ3v) is 4.03. The molecular weight excluding hydrogens is 294 g/mol. The molecule has 2 heterocycles. The summed E-state index contributed by atoms with van der Waals surface area (Å²) < 4.78 is 10.1.